The summed E-state index contributed by atoms with van der Waals surface area (Å²) in [6, 6.07) is 19.3. The Morgan fingerprint density at radius 3 is 2.43 bits per heavy atom. The van der Waals surface area contributed by atoms with E-state index >= 15 is 0 Å². The van der Waals surface area contributed by atoms with Gasteiger partial charge in [-0.05, 0) is 80.8 Å². The number of hydrogen-bond acceptors (Lipinski definition) is 9. The molecule has 0 radical (unpaired) electrons. The molecule has 0 saturated heterocycles. The van der Waals surface area contributed by atoms with Crippen LogP contribution in [0.3, 0.4) is 0 Å². The smallest absolute Gasteiger partial charge is 0.338 e. The van der Waals surface area contributed by atoms with E-state index in [1.165, 1.54) is 23.0 Å². The quantitative estimate of drug-likeness (QED) is 0.239. The summed E-state index contributed by atoms with van der Waals surface area (Å²) < 4.78 is 24.2. The fraction of sp³-hybridized carbons (Fsp3) is 0.257. The number of benzene rings is 3. The van der Waals surface area contributed by atoms with Gasteiger partial charge in [0.15, 0.2) is 22.9 Å². The standard InChI is InChI=1S/C35H35N3O7S/c1-6-43-25-15-13-24(14-16-25)32-31(34(41)44-7-2)22(4)36-35-38(32)33(40)29(46-35)19-23-12-17-27(28(18-23)42-5)45-20-30(39)37-26-11-9-8-10-21(26)3/h8-19,32H,6-7,20H2,1-5H3,(H,37,39)/b29-19+/t32-/m0/s1. The maximum absolute atomic E-state index is 14.0. The van der Waals surface area contributed by atoms with Gasteiger partial charge in [-0.25, -0.2) is 9.79 Å². The first-order valence-corrected chi connectivity index (χ1v) is 15.6. The molecule has 5 rings (SSSR count). The highest BCUT2D eigenvalue weighted by molar-refractivity contribution is 7.07. The number of para-hydroxylation sites is 1. The molecule has 2 heterocycles. The van der Waals surface area contributed by atoms with Gasteiger partial charge in [-0.1, -0.05) is 47.7 Å². The van der Waals surface area contributed by atoms with Gasteiger partial charge >= 0.3 is 5.97 Å². The molecule has 0 saturated carbocycles. The molecule has 1 N–H and O–H groups in total. The number of aromatic nitrogens is 1. The monoisotopic (exact) mass is 641 g/mol. The predicted octanol–water partition coefficient (Wildman–Crippen LogP) is 4.53. The number of anilines is 1. The second-order valence-electron chi connectivity index (χ2n) is 10.4. The summed E-state index contributed by atoms with van der Waals surface area (Å²) in [5, 5.41) is 2.84. The number of methoxy groups -OCH3 is 1. The highest BCUT2D eigenvalue weighted by Crippen LogP contribution is 2.32. The molecule has 238 valence electrons. The lowest BCUT2D eigenvalue weighted by Crippen LogP contribution is -2.39. The molecule has 1 aromatic heterocycles. The van der Waals surface area contributed by atoms with E-state index in [2.05, 4.69) is 10.3 Å². The maximum Gasteiger partial charge on any atom is 0.338 e. The van der Waals surface area contributed by atoms with Gasteiger partial charge in [0.2, 0.25) is 0 Å². The van der Waals surface area contributed by atoms with Crippen LogP contribution in [0.2, 0.25) is 0 Å². The van der Waals surface area contributed by atoms with Crippen molar-refractivity contribution < 1.29 is 28.5 Å². The van der Waals surface area contributed by atoms with Gasteiger partial charge in [0.25, 0.3) is 11.5 Å². The zero-order valence-electron chi connectivity index (χ0n) is 26.3. The van der Waals surface area contributed by atoms with E-state index in [0.717, 1.165) is 11.1 Å². The predicted molar refractivity (Wildman–Crippen MR) is 176 cm³/mol. The number of hydrogen-bond donors (Lipinski definition) is 1. The summed E-state index contributed by atoms with van der Waals surface area (Å²) in [6.07, 6.45) is 1.74. The number of ether oxygens (including phenoxy) is 4. The van der Waals surface area contributed by atoms with Crippen molar-refractivity contribution in [3.8, 4) is 17.2 Å². The zero-order chi connectivity index (χ0) is 32.8. The normalized spacial score (nSPS) is 14.3. The Morgan fingerprint density at radius 2 is 1.74 bits per heavy atom. The third-order valence-electron chi connectivity index (χ3n) is 7.29. The third-order valence-corrected chi connectivity index (χ3v) is 8.27. The molecule has 3 aromatic carbocycles. The van der Waals surface area contributed by atoms with Crippen LogP contribution in [0.25, 0.3) is 6.08 Å². The molecule has 0 fully saturated rings. The Morgan fingerprint density at radius 1 is 0.978 bits per heavy atom. The minimum absolute atomic E-state index is 0.189. The van der Waals surface area contributed by atoms with E-state index in [4.69, 9.17) is 18.9 Å². The Balaban J connectivity index is 1.46. The van der Waals surface area contributed by atoms with Gasteiger partial charge < -0.3 is 24.3 Å². The maximum atomic E-state index is 14.0. The Labute approximate surface area is 270 Å². The SMILES string of the molecule is CCOC(=O)C1=C(C)N=c2s/c(=C/c3ccc(OCC(=O)Nc4ccccc4C)c(OC)c3)c(=O)n2[C@H]1c1ccc(OCC)cc1. The number of esters is 1. The highest BCUT2D eigenvalue weighted by Gasteiger charge is 2.33. The second kappa shape index (κ2) is 14.3. The van der Waals surface area contributed by atoms with E-state index in [1.54, 1.807) is 38.1 Å². The van der Waals surface area contributed by atoms with E-state index in [0.29, 0.717) is 55.7 Å². The van der Waals surface area contributed by atoms with E-state index in [1.807, 2.05) is 62.4 Å². The summed E-state index contributed by atoms with van der Waals surface area (Å²) in [5.41, 5.74) is 3.56. The van der Waals surface area contributed by atoms with Crippen molar-refractivity contribution in [1.29, 1.82) is 0 Å². The number of rotatable bonds is 11. The third kappa shape index (κ3) is 6.89. The molecule has 0 aliphatic carbocycles. The minimum atomic E-state index is -0.732. The summed E-state index contributed by atoms with van der Waals surface area (Å²) in [5.74, 6) is 0.639. The molecule has 0 unspecified atom stereocenters. The van der Waals surface area contributed by atoms with Crippen LogP contribution < -0.4 is 34.4 Å². The average Bonchev–Trinajstić information content (AvgIpc) is 3.35. The minimum Gasteiger partial charge on any atom is -0.494 e. The van der Waals surface area contributed by atoms with Gasteiger partial charge in [0.1, 0.15) is 5.75 Å². The molecule has 46 heavy (non-hydrogen) atoms. The number of allylic oxidation sites excluding steroid dienone is 1. The van der Waals surface area contributed by atoms with Crippen LogP contribution in [-0.4, -0.2) is 43.4 Å². The lowest BCUT2D eigenvalue weighted by Gasteiger charge is -2.24. The van der Waals surface area contributed by atoms with Crippen molar-refractivity contribution in [2.45, 2.75) is 33.7 Å². The van der Waals surface area contributed by atoms with Gasteiger partial charge in [0, 0.05) is 5.69 Å². The molecular formula is C35H35N3O7S. The fourth-order valence-corrected chi connectivity index (χ4v) is 6.15. The number of nitrogens with one attached hydrogen (secondary N) is 1. The van der Waals surface area contributed by atoms with Crippen LogP contribution >= 0.6 is 11.3 Å². The van der Waals surface area contributed by atoms with Crippen molar-refractivity contribution >= 4 is 35.0 Å². The zero-order valence-corrected chi connectivity index (χ0v) is 27.1. The van der Waals surface area contributed by atoms with Crippen molar-refractivity contribution in [2.24, 2.45) is 4.99 Å². The van der Waals surface area contributed by atoms with Gasteiger partial charge in [0.05, 0.1) is 42.2 Å². The number of aryl methyl sites for hydroxylation is 1. The van der Waals surface area contributed by atoms with Crippen molar-refractivity contribution in [2.75, 3.05) is 32.2 Å². The van der Waals surface area contributed by atoms with Gasteiger partial charge in [-0.3, -0.25) is 14.2 Å². The van der Waals surface area contributed by atoms with Crippen molar-refractivity contribution in [3.05, 3.63) is 114 Å². The number of thiazole rings is 1. The Hall–Kier alpha value is -5.16. The fourth-order valence-electron chi connectivity index (χ4n) is 5.11. The van der Waals surface area contributed by atoms with Crippen LogP contribution in [0.15, 0.2) is 87.8 Å². The molecule has 0 bridgehead atoms. The molecule has 0 spiro atoms. The van der Waals surface area contributed by atoms with Crippen LogP contribution in [0.1, 0.15) is 43.5 Å². The number of nitrogens with zero attached hydrogens (tertiary/aromatic N) is 2. The average molecular weight is 642 g/mol. The molecule has 1 amide bonds. The van der Waals surface area contributed by atoms with Gasteiger partial charge in [-0.2, -0.15) is 0 Å². The highest BCUT2D eigenvalue weighted by atomic mass is 32.1. The van der Waals surface area contributed by atoms with E-state index < -0.39 is 12.0 Å². The molecule has 10 nitrogen and oxygen atoms in total. The summed E-state index contributed by atoms with van der Waals surface area (Å²) >= 11 is 1.22. The molecule has 1 aliphatic rings. The van der Waals surface area contributed by atoms with Crippen LogP contribution in [0, 0.1) is 6.92 Å². The van der Waals surface area contributed by atoms with Crippen LogP contribution in [0.5, 0.6) is 17.2 Å². The second-order valence-corrected chi connectivity index (χ2v) is 11.4. The molecule has 11 heteroatoms. The molecular weight excluding hydrogens is 606 g/mol. The van der Waals surface area contributed by atoms with Crippen LogP contribution in [-0.2, 0) is 14.3 Å². The number of carbonyl (C=O) groups is 2. The van der Waals surface area contributed by atoms with E-state index in [-0.39, 0.29) is 24.7 Å². The van der Waals surface area contributed by atoms with Crippen molar-refractivity contribution in [3.63, 3.8) is 0 Å². The van der Waals surface area contributed by atoms with Crippen LogP contribution in [0.4, 0.5) is 5.69 Å². The molecule has 4 aromatic rings. The number of fused-ring (bicyclic) bond motifs is 1. The number of carbonyl (C=O) groups excluding carboxylic acids is 2. The number of amides is 1. The molecule has 1 aliphatic heterocycles. The molecule has 1 atom stereocenters. The first-order valence-electron chi connectivity index (χ1n) is 14.8. The summed E-state index contributed by atoms with van der Waals surface area (Å²) in [4.78, 5) is 44.7. The largest absolute Gasteiger partial charge is 0.494 e. The summed E-state index contributed by atoms with van der Waals surface area (Å²) in [7, 11) is 1.50. The van der Waals surface area contributed by atoms with E-state index in [9.17, 15) is 14.4 Å². The first-order chi connectivity index (χ1) is 22.2. The topological polar surface area (TPSA) is 117 Å². The Kier molecular flexibility index (Phi) is 10.0. The lowest BCUT2D eigenvalue weighted by atomic mass is 9.96. The van der Waals surface area contributed by atoms with Crippen molar-refractivity contribution in [1.82, 2.24) is 4.57 Å². The Bertz CT molecular complexity index is 1980. The van der Waals surface area contributed by atoms with Gasteiger partial charge in [-0.15, -0.1) is 0 Å². The first kappa shape index (κ1) is 32.2. The lowest BCUT2D eigenvalue weighted by molar-refractivity contribution is -0.139. The summed E-state index contributed by atoms with van der Waals surface area (Å²) in [6.45, 7) is 7.79.